The standard InChI is InChI=1S/C19H25FN4O/c1-23-8-6-16(7-9-23)24-10-11-25-13-18(24)19-21-12-17(22-19)14-2-4-15(20)5-3-14/h2-5,12,16,18H,6-11,13H2,1H3,(H,21,22). The molecule has 0 spiro atoms. The summed E-state index contributed by atoms with van der Waals surface area (Å²) in [6.45, 7) is 4.70. The highest BCUT2D eigenvalue weighted by molar-refractivity contribution is 5.58. The van der Waals surface area contributed by atoms with Gasteiger partial charge in [0.25, 0.3) is 0 Å². The predicted molar refractivity (Wildman–Crippen MR) is 94.8 cm³/mol. The van der Waals surface area contributed by atoms with E-state index in [4.69, 9.17) is 4.74 Å². The highest BCUT2D eigenvalue weighted by Gasteiger charge is 2.33. The molecule has 0 amide bonds. The van der Waals surface area contributed by atoms with Crippen LogP contribution in [0.4, 0.5) is 4.39 Å². The number of piperidine rings is 1. The number of H-pyrrole nitrogens is 1. The minimum absolute atomic E-state index is 0.163. The smallest absolute Gasteiger partial charge is 0.126 e. The number of ether oxygens (including phenoxy) is 1. The highest BCUT2D eigenvalue weighted by Crippen LogP contribution is 2.29. The molecule has 2 aliphatic rings. The largest absolute Gasteiger partial charge is 0.378 e. The average molecular weight is 344 g/mol. The molecule has 6 heteroatoms. The van der Waals surface area contributed by atoms with Gasteiger partial charge in [-0.15, -0.1) is 0 Å². The Bertz CT molecular complexity index is 694. The zero-order valence-corrected chi connectivity index (χ0v) is 14.6. The molecule has 3 heterocycles. The van der Waals surface area contributed by atoms with Crippen LogP contribution in [0.5, 0.6) is 0 Å². The van der Waals surface area contributed by atoms with Crippen LogP contribution in [0, 0.1) is 5.82 Å². The molecule has 1 aromatic heterocycles. The van der Waals surface area contributed by atoms with Crippen molar-refractivity contribution in [3.05, 3.63) is 42.1 Å². The second-order valence-corrected chi connectivity index (χ2v) is 7.05. The van der Waals surface area contributed by atoms with Crippen molar-refractivity contribution in [1.82, 2.24) is 19.8 Å². The van der Waals surface area contributed by atoms with Gasteiger partial charge in [0.2, 0.25) is 0 Å². The Morgan fingerprint density at radius 1 is 1.16 bits per heavy atom. The maximum Gasteiger partial charge on any atom is 0.126 e. The van der Waals surface area contributed by atoms with Crippen molar-refractivity contribution in [3.63, 3.8) is 0 Å². The normalized spacial score (nSPS) is 23.8. The molecular weight excluding hydrogens is 319 g/mol. The average Bonchev–Trinajstić information content (AvgIpc) is 3.13. The zero-order chi connectivity index (χ0) is 17.2. The maximum absolute atomic E-state index is 13.1. The SMILES string of the molecule is CN1CCC(N2CCOCC2c2ncc(-c3ccc(F)cc3)[nH]2)CC1. The van der Waals surface area contributed by atoms with Gasteiger partial charge in [-0.3, -0.25) is 4.90 Å². The quantitative estimate of drug-likeness (QED) is 0.930. The van der Waals surface area contributed by atoms with E-state index >= 15 is 0 Å². The third kappa shape index (κ3) is 3.61. The Morgan fingerprint density at radius 2 is 1.92 bits per heavy atom. The molecule has 1 unspecified atom stereocenters. The lowest BCUT2D eigenvalue weighted by Crippen LogP contribution is -2.50. The summed E-state index contributed by atoms with van der Waals surface area (Å²) in [5.41, 5.74) is 1.87. The molecule has 1 atom stereocenters. The van der Waals surface area contributed by atoms with E-state index in [2.05, 4.69) is 26.8 Å². The molecule has 2 saturated heterocycles. The van der Waals surface area contributed by atoms with Gasteiger partial charge in [-0.25, -0.2) is 9.37 Å². The number of aromatic nitrogens is 2. The molecule has 0 saturated carbocycles. The van der Waals surface area contributed by atoms with E-state index in [1.54, 1.807) is 12.1 Å². The fraction of sp³-hybridized carbons (Fsp3) is 0.526. The molecule has 1 aromatic carbocycles. The summed E-state index contributed by atoms with van der Waals surface area (Å²) in [6, 6.07) is 7.26. The first-order chi connectivity index (χ1) is 12.2. The van der Waals surface area contributed by atoms with Crippen LogP contribution < -0.4 is 0 Å². The number of nitrogens with zero attached hydrogens (tertiary/aromatic N) is 3. The Hall–Kier alpha value is -1.76. The van der Waals surface area contributed by atoms with Gasteiger partial charge >= 0.3 is 0 Å². The van der Waals surface area contributed by atoms with Gasteiger partial charge < -0.3 is 14.6 Å². The zero-order valence-electron chi connectivity index (χ0n) is 14.6. The van der Waals surface area contributed by atoms with Crippen LogP contribution in [-0.2, 0) is 4.74 Å². The molecular formula is C19H25FN4O. The van der Waals surface area contributed by atoms with Gasteiger partial charge in [0, 0.05) is 12.6 Å². The molecule has 5 nitrogen and oxygen atoms in total. The van der Waals surface area contributed by atoms with Crippen molar-refractivity contribution >= 4 is 0 Å². The van der Waals surface area contributed by atoms with Crippen molar-refractivity contribution in [2.24, 2.45) is 0 Å². The van der Waals surface area contributed by atoms with Gasteiger partial charge in [-0.1, -0.05) is 0 Å². The van der Waals surface area contributed by atoms with Gasteiger partial charge in [-0.2, -0.15) is 0 Å². The summed E-state index contributed by atoms with van der Waals surface area (Å²) in [5, 5.41) is 0. The Kier molecular flexibility index (Phi) is 4.83. The first-order valence-electron chi connectivity index (χ1n) is 9.03. The summed E-state index contributed by atoms with van der Waals surface area (Å²) in [4.78, 5) is 13.0. The Morgan fingerprint density at radius 3 is 2.68 bits per heavy atom. The minimum Gasteiger partial charge on any atom is -0.378 e. The molecule has 134 valence electrons. The number of rotatable bonds is 3. The molecule has 2 aliphatic heterocycles. The first-order valence-corrected chi connectivity index (χ1v) is 9.03. The van der Waals surface area contributed by atoms with E-state index < -0.39 is 0 Å². The summed E-state index contributed by atoms with van der Waals surface area (Å²) in [6.07, 6.45) is 4.22. The van der Waals surface area contributed by atoms with Crippen LogP contribution in [0.3, 0.4) is 0 Å². The Labute approximate surface area is 147 Å². The van der Waals surface area contributed by atoms with E-state index in [9.17, 15) is 4.39 Å². The topological polar surface area (TPSA) is 44.4 Å². The second kappa shape index (κ2) is 7.23. The maximum atomic E-state index is 13.1. The fourth-order valence-corrected chi connectivity index (χ4v) is 3.90. The van der Waals surface area contributed by atoms with Crippen molar-refractivity contribution in [3.8, 4) is 11.3 Å². The van der Waals surface area contributed by atoms with Crippen molar-refractivity contribution in [1.29, 1.82) is 0 Å². The number of imidazole rings is 1. The van der Waals surface area contributed by atoms with Crippen molar-refractivity contribution in [2.75, 3.05) is 39.9 Å². The number of morpholine rings is 1. The fourth-order valence-electron chi connectivity index (χ4n) is 3.90. The lowest BCUT2D eigenvalue weighted by molar-refractivity contribution is -0.0441. The summed E-state index contributed by atoms with van der Waals surface area (Å²) in [5.74, 6) is 0.718. The molecule has 1 N–H and O–H groups in total. The number of benzene rings is 1. The van der Waals surface area contributed by atoms with E-state index in [1.807, 2.05) is 6.20 Å². The van der Waals surface area contributed by atoms with Crippen LogP contribution in [0.2, 0.25) is 0 Å². The predicted octanol–water partition coefficient (Wildman–Crippen LogP) is 2.68. The number of aromatic amines is 1. The van der Waals surface area contributed by atoms with E-state index in [-0.39, 0.29) is 11.9 Å². The summed E-state index contributed by atoms with van der Waals surface area (Å²) in [7, 11) is 2.19. The third-order valence-electron chi connectivity index (χ3n) is 5.39. The van der Waals surface area contributed by atoms with Gasteiger partial charge in [0.15, 0.2) is 0 Å². The van der Waals surface area contributed by atoms with Crippen molar-refractivity contribution in [2.45, 2.75) is 24.9 Å². The molecule has 25 heavy (non-hydrogen) atoms. The molecule has 0 radical (unpaired) electrons. The van der Waals surface area contributed by atoms with Gasteiger partial charge in [-0.05, 0) is 62.8 Å². The number of halogens is 1. The monoisotopic (exact) mass is 344 g/mol. The number of hydrogen-bond acceptors (Lipinski definition) is 4. The van der Waals surface area contributed by atoms with Crippen LogP contribution in [0.1, 0.15) is 24.7 Å². The number of likely N-dealkylation sites (tertiary alicyclic amines) is 1. The Balaban J connectivity index is 1.53. The number of hydrogen-bond donors (Lipinski definition) is 1. The third-order valence-corrected chi connectivity index (χ3v) is 5.39. The number of nitrogens with one attached hydrogen (secondary N) is 1. The lowest BCUT2D eigenvalue weighted by atomic mass is 10.0. The first kappa shape index (κ1) is 16.7. The van der Waals surface area contributed by atoms with Gasteiger partial charge in [0.1, 0.15) is 11.6 Å². The van der Waals surface area contributed by atoms with E-state index in [0.29, 0.717) is 12.6 Å². The molecule has 2 aromatic rings. The summed E-state index contributed by atoms with van der Waals surface area (Å²) >= 11 is 0. The van der Waals surface area contributed by atoms with Crippen LogP contribution >= 0.6 is 0 Å². The second-order valence-electron chi connectivity index (χ2n) is 7.05. The summed E-state index contributed by atoms with van der Waals surface area (Å²) < 4.78 is 18.9. The highest BCUT2D eigenvalue weighted by atomic mass is 19.1. The van der Waals surface area contributed by atoms with Crippen LogP contribution in [0.25, 0.3) is 11.3 Å². The van der Waals surface area contributed by atoms with Crippen LogP contribution in [0.15, 0.2) is 30.5 Å². The molecule has 2 fully saturated rings. The van der Waals surface area contributed by atoms with E-state index in [0.717, 1.165) is 43.3 Å². The van der Waals surface area contributed by atoms with E-state index in [1.165, 1.54) is 25.0 Å². The lowest BCUT2D eigenvalue weighted by Gasteiger charge is -2.43. The van der Waals surface area contributed by atoms with Crippen molar-refractivity contribution < 1.29 is 9.13 Å². The molecule has 0 aliphatic carbocycles. The van der Waals surface area contributed by atoms with Crippen LogP contribution in [-0.4, -0.2) is 65.7 Å². The molecule has 4 rings (SSSR count). The molecule has 0 bridgehead atoms. The van der Waals surface area contributed by atoms with Gasteiger partial charge in [0.05, 0.1) is 31.1 Å². The minimum atomic E-state index is -0.224.